The van der Waals surface area contributed by atoms with Gasteiger partial charge in [-0.1, -0.05) is 18.5 Å². The van der Waals surface area contributed by atoms with Crippen LogP contribution in [-0.2, 0) is 11.2 Å². The molecule has 1 aromatic rings. The van der Waals surface area contributed by atoms with E-state index in [1.165, 1.54) is 0 Å². The molecule has 118 valence electrons. The van der Waals surface area contributed by atoms with E-state index >= 15 is 0 Å². The molecule has 0 spiro atoms. The molecule has 21 heavy (non-hydrogen) atoms. The van der Waals surface area contributed by atoms with E-state index in [1.54, 1.807) is 0 Å². The molecule has 0 unspecified atom stereocenters. The SMILES string of the molecule is CCCc1nc(Cl)c(C)c(N(C)CC(=O)N(CC)CC)n1. The first-order chi connectivity index (χ1) is 9.94. The van der Waals surface area contributed by atoms with E-state index in [-0.39, 0.29) is 5.91 Å². The van der Waals surface area contributed by atoms with Gasteiger partial charge < -0.3 is 9.80 Å². The van der Waals surface area contributed by atoms with Crippen molar-refractivity contribution >= 4 is 23.3 Å². The Labute approximate surface area is 132 Å². The van der Waals surface area contributed by atoms with Gasteiger partial charge in [-0.05, 0) is 27.2 Å². The second kappa shape index (κ2) is 8.17. The zero-order valence-corrected chi connectivity index (χ0v) is 14.4. The number of aryl methyl sites for hydroxylation is 1. The minimum absolute atomic E-state index is 0.0914. The highest BCUT2D eigenvalue weighted by molar-refractivity contribution is 6.30. The van der Waals surface area contributed by atoms with E-state index in [9.17, 15) is 4.79 Å². The standard InChI is InChI=1S/C15H25ClN4O/c1-6-9-12-17-14(16)11(4)15(18-12)19(5)10-13(21)20(7-2)8-3/h6-10H2,1-5H3. The van der Waals surface area contributed by atoms with Gasteiger partial charge in [0, 0.05) is 32.1 Å². The molecule has 0 aliphatic carbocycles. The number of amides is 1. The third kappa shape index (κ3) is 4.56. The van der Waals surface area contributed by atoms with Gasteiger partial charge in [-0.3, -0.25) is 4.79 Å². The van der Waals surface area contributed by atoms with Gasteiger partial charge in [-0.25, -0.2) is 9.97 Å². The molecule has 0 aliphatic rings. The smallest absolute Gasteiger partial charge is 0.242 e. The topological polar surface area (TPSA) is 49.3 Å². The maximum atomic E-state index is 12.2. The van der Waals surface area contributed by atoms with E-state index in [0.717, 1.165) is 30.0 Å². The van der Waals surface area contributed by atoms with Gasteiger partial charge in [0.25, 0.3) is 0 Å². The Kier molecular flexibility index (Phi) is 6.89. The molecular weight excluding hydrogens is 288 g/mol. The van der Waals surface area contributed by atoms with Gasteiger partial charge in [0.1, 0.15) is 16.8 Å². The third-order valence-corrected chi connectivity index (χ3v) is 3.80. The summed E-state index contributed by atoms with van der Waals surface area (Å²) in [7, 11) is 1.86. The summed E-state index contributed by atoms with van der Waals surface area (Å²) in [6.07, 6.45) is 1.74. The predicted octanol–water partition coefficient (Wildman–Crippen LogP) is 2.70. The van der Waals surface area contributed by atoms with Gasteiger partial charge in [0.05, 0.1) is 6.54 Å². The first kappa shape index (κ1) is 17.7. The molecular formula is C15H25ClN4O. The van der Waals surface area contributed by atoms with Crippen molar-refractivity contribution in [3.8, 4) is 0 Å². The number of nitrogens with zero attached hydrogens (tertiary/aromatic N) is 4. The summed E-state index contributed by atoms with van der Waals surface area (Å²) < 4.78 is 0. The van der Waals surface area contributed by atoms with E-state index in [1.807, 2.05) is 37.6 Å². The van der Waals surface area contributed by atoms with E-state index in [4.69, 9.17) is 11.6 Å². The summed E-state index contributed by atoms with van der Waals surface area (Å²) in [5, 5.41) is 0.464. The van der Waals surface area contributed by atoms with Gasteiger partial charge in [0.15, 0.2) is 0 Å². The number of halogens is 1. The summed E-state index contributed by atoms with van der Waals surface area (Å²) in [5.74, 6) is 1.55. The molecule has 0 bridgehead atoms. The molecule has 1 amide bonds. The highest BCUT2D eigenvalue weighted by Crippen LogP contribution is 2.23. The third-order valence-electron chi connectivity index (χ3n) is 3.43. The molecule has 6 heteroatoms. The number of aromatic nitrogens is 2. The van der Waals surface area contributed by atoms with Crippen LogP contribution in [0.25, 0.3) is 0 Å². The fourth-order valence-electron chi connectivity index (χ4n) is 2.18. The monoisotopic (exact) mass is 312 g/mol. The van der Waals surface area contributed by atoms with Crippen LogP contribution in [0.2, 0.25) is 5.15 Å². The van der Waals surface area contributed by atoms with Gasteiger partial charge in [0.2, 0.25) is 5.91 Å². The van der Waals surface area contributed by atoms with Crippen molar-refractivity contribution < 1.29 is 4.79 Å². The van der Waals surface area contributed by atoms with Crippen LogP contribution in [0.5, 0.6) is 0 Å². The van der Waals surface area contributed by atoms with Gasteiger partial charge in [-0.2, -0.15) is 0 Å². The lowest BCUT2D eigenvalue weighted by Crippen LogP contribution is -2.39. The second-order valence-corrected chi connectivity index (χ2v) is 5.41. The molecule has 0 N–H and O–H groups in total. The number of carbonyl (C=O) groups is 1. The Morgan fingerprint density at radius 1 is 1.19 bits per heavy atom. The van der Waals surface area contributed by atoms with Crippen LogP contribution >= 0.6 is 11.6 Å². The Morgan fingerprint density at radius 2 is 1.81 bits per heavy atom. The van der Waals surface area contributed by atoms with E-state index in [0.29, 0.717) is 24.8 Å². The number of carbonyl (C=O) groups excluding carboxylic acids is 1. The highest BCUT2D eigenvalue weighted by atomic mass is 35.5. The first-order valence-corrected chi connectivity index (χ1v) is 7.84. The number of likely N-dealkylation sites (N-methyl/N-ethyl adjacent to an activating group) is 2. The van der Waals surface area contributed by atoms with Gasteiger partial charge in [-0.15, -0.1) is 0 Å². The summed E-state index contributed by atoms with van der Waals surface area (Å²) in [6.45, 7) is 9.64. The highest BCUT2D eigenvalue weighted by Gasteiger charge is 2.17. The fourth-order valence-corrected chi connectivity index (χ4v) is 2.36. The maximum absolute atomic E-state index is 12.2. The number of anilines is 1. The van der Waals surface area contributed by atoms with Crippen LogP contribution < -0.4 is 4.90 Å². The van der Waals surface area contributed by atoms with E-state index in [2.05, 4.69) is 16.9 Å². The number of hydrogen-bond acceptors (Lipinski definition) is 4. The molecule has 0 atom stereocenters. The first-order valence-electron chi connectivity index (χ1n) is 7.46. The zero-order valence-electron chi connectivity index (χ0n) is 13.6. The molecule has 1 heterocycles. The van der Waals surface area contributed by atoms with Crippen molar-refractivity contribution in [1.29, 1.82) is 0 Å². The molecule has 0 fully saturated rings. The van der Waals surface area contributed by atoms with Crippen LogP contribution in [0.4, 0.5) is 5.82 Å². The van der Waals surface area contributed by atoms with Crippen molar-refractivity contribution in [1.82, 2.24) is 14.9 Å². The molecule has 0 radical (unpaired) electrons. The number of rotatable bonds is 7. The lowest BCUT2D eigenvalue weighted by atomic mass is 10.2. The van der Waals surface area contributed by atoms with E-state index < -0.39 is 0 Å². The van der Waals surface area contributed by atoms with Crippen LogP contribution in [0.1, 0.15) is 38.6 Å². The van der Waals surface area contributed by atoms with Crippen LogP contribution in [0, 0.1) is 6.92 Å². The largest absolute Gasteiger partial charge is 0.350 e. The van der Waals surface area contributed by atoms with Crippen molar-refractivity contribution in [3.63, 3.8) is 0 Å². The Morgan fingerprint density at radius 3 is 2.33 bits per heavy atom. The quantitative estimate of drug-likeness (QED) is 0.726. The van der Waals surface area contributed by atoms with Crippen LogP contribution in [0.3, 0.4) is 0 Å². The predicted molar refractivity (Wildman–Crippen MR) is 87.0 cm³/mol. The fraction of sp³-hybridized carbons (Fsp3) is 0.667. The average molecular weight is 313 g/mol. The maximum Gasteiger partial charge on any atom is 0.242 e. The number of hydrogen-bond donors (Lipinski definition) is 0. The molecule has 1 rings (SSSR count). The lowest BCUT2D eigenvalue weighted by Gasteiger charge is -2.25. The Bertz CT molecular complexity index is 489. The summed E-state index contributed by atoms with van der Waals surface area (Å²) in [5.41, 5.74) is 0.811. The summed E-state index contributed by atoms with van der Waals surface area (Å²) in [6, 6.07) is 0. The molecule has 0 aliphatic heterocycles. The molecule has 0 saturated heterocycles. The molecule has 0 saturated carbocycles. The lowest BCUT2D eigenvalue weighted by molar-refractivity contribution is -0.129. The van der Waals surface area contributed by atoms with Crippen molar-refractivity contribution in [2.45, 2.75) is 40.5 Å². The van der Waals surface area contributed by atoms with Gasteiger partial charge >= 0.3 is 0 Å². The summed E-state index contributed by atoms with van der Waals surface area (Å²) in [4.78, 5) is 24.7. The minimum Gasteiger partial charge on any atom is -0.350 e. The summed E-state index contributed by atoms with van der Waals surface area (Å²) >= 11 is 6.18. The Balaban J connectivity index is 2.95. The normalized spacial score (nSPS) is 10.6. The van der Waals surface area contributed by atoms with Crippen LogP contribution in [-0.4, -0.2) is 47.5 Å². The van der Waals surface area contributed by atoms with Crippen molar-refractivity contribution in [3.05, 3.63) is 16.5 Å². The average Bonchev–Trinajstić information content (AvgIpc) is 2.44. The minimum atomic E-state index is 0.0914. The second-order valence-electron chi connectivity index (χ2n) is 5.05. The Hall–Kier alpha value is -1.36. The van der Waals surface area contributed by atoms with Crippen molar-refractivity contribution in [2.75, 3.05) is 31.6 Å². The zero-order chi connectivity index (χ0) is 16.0. The molecule has 1 aromatic heterocycles. The van der Waals surface area contributed by atoms with Crippen molar-refractivity contribution in [2.24, 2.45) is 0 Å². The molecule has 0 aromatic carbocycles. The van der Waals surface area contributed by atoms with Crippen LogP contribution in [0.15, 0.2) is 0 Å². The molecule has 5 nitrogen and oxygen atoms in total.